The third-order valence-electron chi connectivity index (χ3n) is 3.03. The van der Waals surface area contributed by atoms with Crippen LogP contribution in [-0.4, -0.2) is 11.1 Å². The molecule has 0 aliphatic carbocycles. The molecule has 0 radical (unpaired) electrons. The molecule has 0 unspecified atom stereocenters. The molecule has 6 heteroatoms. The highest BCUT2D eigenvalue weighted by Crippen LogP contribution is 2.36. The van der Waals surface area contributed by atoms with Gasteiger partial charge in [0.2, 0.25) is 0 Å². The molecule has 3 rings (SSSR count). The van der Waals surface area contributed by atoms with Gasteiger partial charge in [-0.2, -0.15) is 0 Å². The first-order chi connectivity index (χ1) is 10.5. The average molecular weight is 334 g/mol. The second-order valence-electron chi connectivity index (χ2n) is 4.55. The SMILES string of the molecule is O=C1SC(=Cc2ccc(F)cc2)C(=O)N1c1cccc(Cl)c1. The predicted molar refractivity (Wildman–Crippen MR) is 86.3 cm³/mol. The van der Waals surface area contributed by atoms with E-state index in [1.807, 2.05) is 0 Å². The second kappa shape index (κ2) is 5.94. The molecule has 22 heavy (non-hydrogen) atoms. The number of amides is 2. The minimum absolute atomic E-state index is 0.289. The minimum Gasteiger partial charge on any atom is -0.268 e. The van der Waals surface area contributed by atoms with Crippen LogP contribution >= 0.6 is 23.4 Å². The summed E-state index contributed by atoms with van der Waals surface area (Å²) in [6.07, 6.45) is 1.56. The van der Waals surface area contributed by atoms with E-state index in [-0.39, 0.29) is 16.0 Å². The van der Waals surface area contributed by atoms with Gasteiger partial charge in [0.1, 0.15) is 5.82 Å². The summed E-state index contributed by atoms with van der Waals surface area (Å²) >= 11 is 6.74. The Balaban J connectivity index is 1.93. The molecule has 3 nitrogen and oxygen atoms in total. The van der Waals surface area contributed by atoms with Crippen molar-refractivity contribution in [1.82, 2.24) is 0 Å². The monoisotopic (exact) mass is 333 g/mol. The van der Waals surface area contributed by atoms with E-state index in [2.05, 4.69) is 0 Å². The van der Waals surface area contributed by atoms with Crippen LogP contribution in [0.15, 0.2) is 53.4 Å². The first-order valence-electron chi connectivity index (χ1n) is 6.34. The van der Waals surface area contributed by atoms with E-state index in [1.165, 1.54) is 12.1 Å². The van der Waals surface area contributed by atoms with E-state index in [1.54, 1.807) is 42.5 Å². The smallest absolute Gasteiger partial charge is 0.268 e. The average Bonchev–Trinajstić information content (AvgIpc) is 2.76. The quantitative estimate of drug-likeness (QED) is 0.746. The molecule has 1 heterocycles. The Morgan fingerprint density at radius 3 is 2.50 bits per heavy atom. The molecular formula is C16H9ClFNO2S. The van der Waals surface area contributed by atoms with Gasteiger partial charge in [0, 0.05) is 5.02 Å². The van der Waals surface area contributed by atoms with Crippen LogP contribution in [-0.2, 0) is 4.79 Å². The van der Waals surface area contributed by atoms with Gasteiger partial charge in [-0.05, 0) is 53.7 Å². The highest BCUT2D eigenvalue weighted by molar-refractivity contribution is 8.19. The molecule has 0 saturated carbocycles. The highest BCUT2D eigenvalue weighted by atomic mass is 35.5. The molecule has 1 saturated heterocycles. The molecule has 2 aromatic carbocycles. The molecule has 1 aliphatic rings. The van der Waals surface area contributed by atoms with Gasteiger partial charge < -0.3 is 0 Å². The number of imide groups is 1. The largest absolute Gasteiger partial charge is 0.298 e. The summed E-state index contributed by atoms with van der Waals surface area (Å²) in [6.45, 7) is 0. The molecule has 2 aromatic rings. The molecule has 2 amide bonds. The zero-order chi connectivity index (χ0) is 15.7. The number of hydrogen-bond acceptors (Lipinski definition) is 3. The molecule has 110 valence electrons. The van der Waals surface area contributed by atoms with Gasteiger partial charge in [-0.25, -0.2) is 9.29 Å². The van der Waals surface area contributed by atoms with Crippen molar-refractivity contribution in [3.8, 4) is 0 Å². The Bertz CT molecular complexity index is 789. The van der Waals surface area contributed by atoms with E-state index >= 15 is 0 Å². The lowest BCUT2D eigenvalue weighted by Crippen LogP contribution is -2.27. The number of carbonyl (C=O) groups excluding carboxylic acids is 2. The summed E-state index contributed by atoms with van der Waals surface area (Å²) in [5.41, 5.74) is 1.08. The van der Waals surface area contributed by atoms with Crippen molar-refractivity contribution < 1.29 is 14.0 Å². The fraction of sp³-hybridized carbons (Fsp3) is 0. The fourth-order valence-electron chi connectivity index (χ4n) is 2.02. The van der Waals surface area contributed by atoms with Gasteiger partial charge in [-0.3, -0.25) is 9.59 Å². The summed E-state index contributed by atoms with van der Waals surface area (Å²) in [5.74, 6) is -0.772. The van der Waals surface area contributed by atoms with E-state index in [0.717, 1.165) is 16.7 Å². The van der Waals surface area contributed by atoms with E-state index in [0.29, 0.717) is 16.3 Å². The number of benzene rings is 2. The van der Waals surface area contributed by atoms with Crippen LogP contribution in [0.3, 0.4) is 0 Å². The second-order valence-corrected chi connectivity index (χ2v) is 5.98. The maximum absolute atomic E-state index is 12.9. The van der Waals surface area contributed by atoms with E-state index in [9.17, 15) is 14.0 Å². The first kappa shape index (κ1) is 14.8. The van der Waals surface area contributed by atoms with Gasteiger partial charge in [-0.1, -0.05) is 29.8 Å². The van der Waals surface area contributed by atoms with Gasteiger partial charge >= 0.3 is 0 Å². The van der Waals surface area contributed by atoms with E-state index < -0.39 is 5.91 Å². The van der Waals surface area contributed by atoms with Crippen LogP contribution in [0.4, 0.5) is 14.9 Å². The lowest BCUT2D eigenvalue weighted by molar-refractivity contribution is -0.113. The van der Waals surface area contributed by atoms with Crippen molar-refractivity contribution in [2.75, 3.05) is 4.90 Å². The van der Waals surface area contributed by atoms with Crippen LogP contribution in [0.2, 0.25) is 5.02 Å². The molecule has 0 atom stereocenters. The zero-order valence-electron chi connectivity index (χ0n) is 11.1. The van der Waals surface area contributed by atoms with Crippen LogP contribution in [0.1, 0.15) is 5.56 Å². The third kappa shape index (κ3) is 2.91. The number of hydrogen-bond donors (Lipinski definition) is 0. The number of carbonyl (C=O) groups is 2. The lowest BCUT2D eigenvalue weighted by atomic mass is 10.2. The number of rotatable bonds is 2. The molecule has 1 aliphatic heterocycles. The van der Waals surface area contributed by atoms with Gasteiger partial charge in [-0.15, -0.1) is 0 Å². The summed E-state index contributed by atoms with van der Waals surface area (Å²) in [6, 6.07) is 12.2. The first-order valence-corrected chi connectivity index (χ1v) is 7.53. The Kier molecular flexibility index (Phi) is 4.00. The number of halogens is 2. The van der Waals surface area contributed by atoms with Gasteiger partial charge in [0.25, 0.3) is 11.1 Å². The maximum atomic E-state index is 12.9. The van der Waals surface area contributed by atoms with Crippen molar-refractivity contribution in [2.24, 2.45) is 0 Å². The van der Waals surface area contributed by atoms with Crippen LogP contribution in [0.25, 0.3) is 6.08 Å². The van der Waals surface area contributed by atoms with Crippen molar-refractivity contribution in [1.29, 1.82) is 0 Å². The lowest BCUT2D eigenvalue weighted by Gasteiger charge is -2.12. The maximum Gasteiger partial charge on any atom is 0.298 e. The molecule has 0 aromatic heterocycles. The van der Waals surface area contributed by atoms with E-state index in [4.69, 9.17) is 11.6 Å². The van der Waals surface area contributed by atoms with Crippen LogP contribution in [0.5, 0.6) is 0 Å². The molecule has 0 bridgehead atoms. The van der Waals surface area contributed by atoms with Gasteiger partial charge in [0.05, 0.1) is 10.6 Å². The summed E-state index contributed by atoms with van der Waals surface area (Å²) in [4.78, 5) is 25.8. The van der Waals surface area contributed by atoms with Crippen LogP contribution < -0.4 is 4.90 Å². The summed E-state index contributed by atoms with van der Waals surface area (Å²) in [5, 5.41) is 0.0553. The minimum atomic E-state index is -0.415. The molecular weight excluding hydrogens is 325 g/mol. The Morgan fingerprint density at radius 2 is 1.82 bits per heavy atom. The standard InChI is InChI=1S/C16H9ClFNO2S/c17-11-2-1-3-13(9-11)19-15(20)14(22-16(19)21)8-10-4-6-12(18)7-5-10/h1-9H. The number of nitrogens with zero attached hydrogens (tertiary/aromatic N) is 1. The Labute approximate surface area is 135 Å². The van der Waals surface area contributed by atoms with Gasteiger partial charge in [0.15, 0.2) is 0 Å². The highest BCUT2D eigenvalue weighted by Gasteiger charge is 2.36. The summed E-state index contributed by atoms with van der Waals surface area (Å²) < 4.78 is 12.9. The molecule has 0 N–H and O–H groups in total. The Hall–Kier alpha value is -2.11. The number of anilines is 1. The fourth-order valence-corrected chi connectivity index (χ4v) is 3.04. The van der Waals surface area contributed by atoms with Crippen LogP contribution in [0, 0.1) is 5.82 Å². The molecule has 0 spiro atoms. The topological polar surface area (TPSA) is 37.4 Å². The van der Waals surface area contributed by atoms with Crippen molar-refractivity contribution in [3.05, 3.63) is 69.8 Å². The number of thioether (sulfide) groups is 1. The third-order valence-corrected chi connectivity index (χ3v) is 4.13. The van der Waals surface area contributed by atoms with Crippen molar-refractivity contribution >= 4 is 46.3 Å². The van der Waals surface area contributed by atoms with Crippen molar-refractivity contribution in [2.45, 2.75) is 0 Å². The summed E-state index contributed by atoms with van der Waals surface area (Å²) in [7, 11) is 0. The predicted octanol–water partition coefficient (Wildman–Crippen LogP) is 4.72. The zero-order valence-corrected chi connectivity index (χ0v) is 12.7. The Morgan fingerprint density at radius 1 is 1.09 bits per heavy atom. The van der Waals surface area contributed by atoms with Crippen molar-refractivity contribution in [3.63, 3.8) is 0 Å². The normalized spacial score (nSPS) is 16.6. The molecule has 1 fully saturated rings.